The van der Waals surface area contributed by atoms with Gasteiger partial charge in [-0.05, 0) is 56.2 Å². The van der Waals surface area contributed by atoms with E-state index in [-0.39, 0.29) is 4.90 Å². The minimum Gasteiger partial charge on any atom is -0.484 e. The van der Waals surface area contributed by atoms with E-state index in [1.165, 1.54) is 12.1 Å². The molecule has 0 spiro atoms. The smallest absolute Gasteiger partial charge is 0.349 e. The molecule has 0 atom stereocenters. The molecular weight excluding hydrogens is 380 g/mol. The van der Waals surface area contributed by atoms with Crippen molar-refractivity contribution in [2.75, 3.05) is 6.61 Å². The average Bonchev–Trinajstić information content (AvgIpc) is 3.05. The molecule has 0 saturated carbocycles. The van der Waals surface area contributed by atoms with Gasteiger partial charge in [0.05, 0.1) is 4.90 Å². The molecule has 146 valence electrons. The van der Waals surface area contributed by atoms with E-state index in [2.05, 4.69) is 0 Å². The molecule has 0 radical (unpaired) electrons. The van der Waals surface area contributed by atoms with Crippen molar-refractivity contribution in [3.8, 4) is 5.75 Å². The zero-order chi connectivity index (χ0) is 20.5. The minimum atomic E-state index is -4.10. The van der Waals surface area contributed by atoms with Gasteiger partial charge in [-0.3, -0.25) is 4.79 Å². The lowest BCUT2D eigenvalue weighted by Crippen LogP contribution is -2.34. The Kier molecular flexibility index (Phi) is 5.24. The largest absolute Gasteiger partial charge is 0.484 e. The van der Waals surface area contributed by atoms with Crippen LogP contribution in [0, 0.1) is 20.8 Å². The Balaban J connectivity index is 1.84. The molecule has 2 aromatic carbocycles. The fourth-order valence-electron chi connectivity index (χ4n) is 2.57. The summed E-state index contributed by atoms with van der Waals surface area (Å²) in [7, 11) is -4.10. The molecule has 0 N–H and O–H groups in total. The van der Waals surface area contributed by atoms with E-state index < -0.39 is 28.2 Å². The predicted octanol–water partition coefficient (Wildman–Crippen LogP) is 2.53. The summed E-state index contributed by atoms with van der Waals surface area (Å²) in [5.74, 6) is -0.186. The lowest BCUT2D eigenvalue weighted by molar-refractivity contribution is 0.0833. The first kappa shape index (κ1) is 19.6. The van der Waals surface area contributed by atoms with Gasteiger partial charge in [0.1, 0.15) is 5.75 Å². The number of aromatic nitrogens is 2. The first-order valence-electron chi connectivity index (χ1n) is 8.55. The fourth-order valence-corrected chi connectivity index (χ4v) is 3.87. The Bertz CT molecular complexity index is 1190. The SMILES string of the molecule is Cc1ccc(OCC(=O)n2ccn(S(=O)(=O)c3ccc(C)c(C)c3)c2=O)cc1. The van der Waals surface area contributed by atoms with Crippen molar-refractivity contribution in [1.82, 2.24) is 8.54 Å². The highest BCUT2D eigenvalue weighted by Gasteiger charge is 2.23. The molecule has 0 fully saturated rings. The summed E-state index contributed by atoms with van der Waals surface area (Å²) in [5, 5.41) is 0. The third-order valence-corrected chi connectivity index (χ3v) is 6.08. The van der Waals surface area contributed by atoms with Crippen molar-refractivity contribution >= 4 is 15.9 Å². The Morgan fingerprint density at radius 3 is 2.29 bits per heavy atom. The number of nitrogens with zero attached hydrogens (tertiary/aromatic N) is 2. The molecular formula is C20H20N2O5S. The number of hydrogen-bond acceptors (Lipinski definition) is 5. The summed E-state index contributed by atoms with van der Waals surface area (Å²) >= 11 is 0. The highest BCUT2D eigenvalue weighted by Crippen LogP contribution is 2.17. The van der Waals surface area contributed by atoms with Crippen LogP contribution in [0.1, 0.15) is 21.5 Å². The minimum absolute atomic E-state index is 0.0150. The van der Waals surface area contributed by atoms with Gasteiger partial charge < -0.3 is 4.74 Å². The molecule has 7 nitrogen and oxygen atoms in total. The second kappa shape index (κ2) is 7.47. The van der Waals surface area contributed by atoms with Crippen LogP contribution in [0.3, 0.4) is 0 Å². The van der Waals surface area contributed by atoms with Gasteiger partial charge in [-0.25, -0.2) is 17.8 Å². The fraction of sp³-hybridized carbons (Fsp3) is 0.200. The van der Waals surface area contributed by atoms with Gasteiger partial charge >= 0.3 is 5.69 Å². The van der Waals surface area contributed by atoms with Crippen LogP contribution in [-0.2, 0) is 10.0 Å². The number of carbonyl (C=O) groups is 1. The van der Waals surface area contributed by atoms with Crippen molar-refractivity contribution in [3.63, 3.8) is 0 Å². The summed E-state index contributed by atoms with van der Waals surface area (Å²) in [6.07, 6.45) is 2.19. The van der Waals surface area contributed by atoms with Crippen molar-refractivity contribution in [3.05, 3.63) is 82.0 Å². The molecule has 28 heavy (non-hydrogen) atoms. The van der Waals surface area contributed by atoms with E-state index in [0.29, 0.717) is 9.72 Å². The highest BCUT2D eigenvalue weighted by molar-refractivity contribution is 7.90. The lowest BCUT2D eigenvalue weighted by Gasteiger charge is -2.07. The number of hydrogen-bond donors (Lipinski definition) is 0. The molecule has 1 heterocycles. The van der Waals surface area contributed by atoms with Crippen molar-refractivity contribution in [2.45, 2.75) is 25.7 Å². The van der Waals surface area contributed by atoms with Crippen LogP contribution in [0.15, 0.2) is 64.5 Å². The van der Waals surface area contributed by atoms with Gasteiger partial charge in [-0.2, -0.15) is 3.97 Å². The third-order valence-electron chi connectivity index (χ3n) is 4.43. The molecule has 1 aromatic heterocycles. The third kappa shape index (κ3) is 3.77. The van der Waals surface area contributed by atoms with Crippen LogP contribution < -0.4 is 10.4 Å². The summed E-state index contributed by atoms with van der Waals surface area (Å²) in [5.41, 5.74) is 1.81. The van der Waals surface area contributed by atoms with Gasteiger partial charge in [-0.1, -0.05) is 23.8 Å². The van der Waals surface area contributed by atoms with Gasteiger partial charge in [0.15, 0.2) is 6.61 Å². The van der Waals surface area contributed by atoms with E-state index in [0.717, 1.165) is 33.7 Å². The molecule has 8 heteroatoms. The van der Waals surface area contributed by atoms with Gasteiger partial charge in [-0.15, -0.1) is 0 Å². The Morgan fingerprint density at radius 1 is 0.964 bits per heavy atom. The van der Waals surface area contributed by atoms with E-state index >= 15 is 0 Å². The summed E-state index contributed by atoms with van der Waals surface area (Å²) in [6.45, 7) is 5.18. The summed E-state index contributed by atoms with van der Waals surface area (Å²) in [4.78, 5) is 24.8. The van der Waals surface area contributed by atoms with E-state index in [9.17, 15) is 18.0 Å². The van der Waals surface area contributed by atoms with Crippen LogP contribution in [0.5, 0.6) is 5.75 Å². The highest BCUT2D eigenvalue weighted by atomic mass is 32.2. The quantitative estimate of drug-likeness (QED) is 0.657. The van der Waals surface area contributed by atoms with E-state index in [4.69, 9.17) is 4.74 Å². The van der Waals surface area contributed by atoms with Gasteiger partial charge in [0, 0.05) is 12.4 Å². The van der Waals surface area contributed by atoms with Crippen LogP contribution >= 0.6 is 0 Å². The van der Waals surface area contributed by atoms with Crippen LogP contribution in [0.4, 0.5) is 0 Å². The number of ether oxygens (including phenoxy) is 1. The molecule has 0 aliphatic heterocycles. The first-order chi connectivity index (χ1) is 13.2. The predicted molar refractivity (Wildman–Crippen MR) is 104 cm³/mol. The average molecular weight is 400 g/mol. The van der Waals surface area contributed by atoms with Crippen LogP contribution in [0.2, 0.25) is 0 Å². The second-order valence-electron chi connectivity index (χ2n) is 6.49. The molecule has 3 rings (SSSR count). The Morgan fingerprint density at radius 2 is 1.64 bits per heavy atom. The van der Waals surface area contributed by atoms with Crippen LogP contribution in [-0.4, -0.2) is 29.5 Å². The number of aryl methyl sites for hydroxylation is 3. The molecule has 0 saturated heterocycles. The van der Waals surface area contributed by atoms with Crippen molar-refractivity contribution in [2.24, 2.45) is 0 Å². The van der Waals surface area contributed by atoms with Gasteiger partial charge in [0.25, 0.3) is 15.9 Å². The summed E-state index contributed by atoms with van der Waals surface area (Å²) < 4.78 is 32.2. The zero-order valence-electron chi connectivity index (χ0n) is 15.7. The molecule has 0 amide bonds. The Hall–Kier alpha value is -3.13. The monoisotopic (exact) mass is 400 g/mol. The molecule has 3 aromatic rings. The maximum absolute atomic E-state index is 12.8. The second-order valence-corrected chi connectivity index (χ2v) is 8.31. The number of benzene rings is 2. The topological polar surface area (TPSA) is 87.4 Å². The zero-order valence-corrected chi connectivity index (χ0v) is 16.6. The number of carbonyl (C=O) groups excluding carboxylic acids is 1. The number of rotatable bonds is 5. The first-order valence-corrected chi connectivity index (χ1v) is 9.99. The van der Waals surface area contributed by atoms with E-state index in [1.807, 2.05) is 26.0 Å². The number of imidazole rings is 1. The van der Waals surface area contributed by atoms with E-state index in [1.54, 1.807) is 25.1 Å². The Labute approximate surface area is 162 Å². The normalized spacial score (nSPS) is 11.4. The van der Waals surface area contributed by atoms with Gasteiger partial charge in [0.2, 0.25) is 0 Å². The lowest BCUT2D eigenvalue weighted by atomic mass is 10.1. The van der Waals surface area contributed by atoms with Crippen molar-refractivity contribution in [1.29, 1.82) is 0 Å². The molecule has 0 unspecified atom stereocenters. The maximum Gasteiger partial charge on any atom is 0.349 e. The molecule has 0 aliphatic rings. The van der Waals surface area contributed by atoms with Crippen molar-refractivity contribution < 1.29 is 17.9 Å². The van der Waals surface area contributed by atoms with Crippen LogP contribution in [0.25, 0.3) is 0 Å². The molecule has 0 bridgehead atoms. The maximum atomic E-state index is 12.8. The summed E-state index contributed by atoms with van der Waals surface area (Å²) in [6, 6.07) is 11.7. The standard InChI is InChI=1S/C20H20N2O5S/c1-14-4-7-17(8-5-14)27-13-19(23)21-10-11-22(20(21)24)28(25,26)18-9-6-15(2)16(3)12-18/h4-12H,13H2,1-3H3. The molecule has 0 aliphatic carbocycles.